The predicted octanol–water partition coefficient (Wildman–Crippen LogP) is 7.02. The van der Waals surface area contributed by atoms with E-state index in [1.54, 1.807) is 0 Å². The fourth-order valence-corrected chi connectivity index (χ4v) is 6.88. The normalized spacial score (nSPS) is 20.4. The molecule has 2 bridgehead atoms. The maximum absolute atomic E-state index is 14.9. The van der Waals surface area contributed by atoms with E-state index in [9.17, 15) is 36.3 Å². The van der Waals surface area contributed by atoms with Gasteiger partial charge in [-0.05, 0) is 86.2 Å². The number of hydrogen-bond acceptors (Lipinski definition) is 4. The molecule has 5 rings (SSSR count). The van der Waals surface area contributed by atoms with Crippen LogP contribution in [0.1, 0.15) is 48.2 Å². The van der Waals surface area contributed by atoms with Crippen LogP contribution in [0.15, 0.2) is 65.7 Å². The second-order valence-electron chi connectivity index (χ2n) is 11.8. The van der Waals surface area contributed by atoms with Gasteiger partial charge in [-0.1, -0.05) is 23.3 Å². The van der Waals surface area contributed by atoms with Crippen molar-refractivity contribution in [3.8, 4) is 16.9 Å². The average molecular weight is 643 g/mol. The molecule has 0 heterocycles. The van der Waals surface area contributed by atoms with Crippen LogP contribution in [0.2, 0.25) is 0 Å². The number of carbonyl (C=O) groups excluding carboxylic acids is 2. The summed E-state index contributed by atoms with van der Waals surface area (Å²) < 4.78 is 74.1. The van der Waals surface area contributed by atoms with Crippen molar-refractivity contribution in [1.29, 1.82) is 0 Å². The summed E-state index contributed by atoms with van der Waals surface area (Å²) in [5.74, 6) is -5.58. The lowest BCUT2D eigenvalue weighted by Gasteiger charge is -2.30. The molecule has 0 aliphatic heterocycles. The number of methoxy groups -OCH3 is 1. The zero-order valence-electron chi connectivity index (χ0n) is 25.1. The number of fused-ring (bicyclic) bond motifs is 2. The molecule has 0 aromatic heterocycles. The zero-order chi connectivity index (χ0) is 33.5. The first-order valence-corrected chi connectivity index (χ1v) is 14.5. The summed E-state index contributed by atoms with van der Waals surface area (Å²) in [5.41, 5.74) is 1.00. The lowest BCUT2D eigenvalue weighted by Crippen LogP contribution is -2.48. The molecular weight excluding hydrogens is 611 g/mol. The summed E-state index contributed by atoms with van der Waals surface area (Å²) in [4.78, 5) is 38.7. The molecule has 3 N–H and O–H groups in total. The molecule has 0 radical (unpaired) electrons. The Morgan fingerprint density at radius 3 is 2.28 bits per heavy atom. The molecule has 3 aromatic carbocycles. The minimum Gasteiger partial charge on any atom is -0.496 e. The number of alkyl halides is 3. The van der Waals surface area contributed by atoms with Crippen LogP contribution in [0.25, 0.3) is 11.1 Å². The number of nitrogens with one attached hydrogen (secondary N) is 2. The second kappa shape index (κ2) is 12.6. The number of halogens is 5. The van der Waals surface area contributed by atoms with Crippen LogP contribution >= 0.6 is 0 Å². The largest absolute Gasteiger partial charge is 0.496 e. The summed E-state index contributed by atoms with van der Waals surface area (Å²) in [6.45, 7) is 3.80. The summed E-state index contributed by atoms with van der Waals surface area (Å²) in [6.07, 6.45) is -3.98. The Morgan fingerprint density at radius 1 is 0.935 bits per heavy atom. The molecule has 242 valence electrons. The number of rotatable bonds is 8. The molecule has 0 saturated heterocycles. The van der Waals surface area contributed by atoms with Crippen LogP contribution in [0.5, 0.6) is 5.75 Å². The molecule has 4 atom stereocenters. The Bertz CT molecular complexity index is 1750. The highest BCUT2D eigenvalue weighted by molar-refractivity contribution is 6.00. The van der Waals surface area contributed by atoms with E-state index in [-0.39, 0.29) is 40.8 Å². The number of carbonyl (C=O) groups is 3. The first-order chi connectivity index (χ1) is 21.7. The average Bonchev–Trinajstić information content (AvgIpc) is 3.55. The van der Waals surface area contributed by atoms with Crippen molar-refractivity contribution in [3.05, 3.63) is 94.1 Å². The molecular formula is C34H31F5N2O5. The molecule has 46 heavy (non-hydrogen) atoms. The molecule has 3 aromatic rings. The maximum Gasteiger partial charge on any atom is 0.419 e. The van der Waals surface area contributed by atoms with Gasteiger partial charge in [0.2, 0.25) is 5.91 Å². The summed E-state index contributed by atoms with van der Waals surface area (Å²) in [7, 11) is 1.35. The maximum atomic E-state index is 14.9. The second-order valence-corrected chi connectivity index (χ2v) is 11.8. The van der Waals surface area contributed by atoms with Crippen LogP contribution in [-0.2, 0) is 22.2 Å². The number of anilines is 1. The van der Waals surface area contributed by atoms with Gasteiger partial charge < -0.3 is 20.5 Å². The number of benzene rings is 3. The third kappa shape index (κ3) is 6.33. The van der Waals surface area contributed by atoms with E-state index in [0.717, 1.165) is 23.3 Å². The van der Waals surface area contributed by atoms with Gasteiger partial charge in [0.25, 0.3) is 5.91 Å². The fraction of sp³-hybridized carbons (Fsp3) is 0.324. The van der Waals surface area contributed by atoms with E-state index in [2.05, 4.69) is 10.6 Å². The third-order valence-corrected chi connectivity index (χ3v) is 8.70. The Balaban J connectivity index is 1.47. The topological polar surface area (TPSA) is 105 Å². The molecule has 0 spiro atoms. The van der Waals surface area contributed by atoms with Gasteiger partial charge >= 0.3 is 12.1 Å². The SMILES string of the molecule is COc1ccc(-c2cc(CC(=O)O)ccc2F)cc1C(=O)N[C@@H]1C2CCC(C2=C(C)C)[C@@H]1C(=O)Nc1ccc(F)c(C(F)(F)F)c1. The van der Waals surface area contributed by atoms with E-state index in [1.165, 1.54) is 37.4 Å². The molecule has 2 fully saturated rings. The van der Waals surface area contributed by atoms with Gasteiger partial charge in [0.1, 0.15) is 17.4 Å². The van der Waals surface area contributed by atoms with E-state index >= 15 is 0 Å². The van der Waals surface area contributed by atoms with Gasteiger partial charge in [0.15, 0.2) is 0 Å². The standard InChI is InChI=1S/C34H31F5N2O5/c1-16(2)29-20-7-8-21(29)31(30(20)33(45)40-19-6-10-26(36)24(15-19)34(37,38)39)41-32(44)23-14-18(5-11-27(23)46-3)22-12-17(13-28(42)43)4-9-25(22)35/h4-6,9-12,14-15,20-21,30-31H,7-8,13H2,1-3H3,(H,40,45)(H,41,44)(H,42,43)/t20?,21?,30-,31+/m0/s1. The Morgan fingerprint density at radius 2 is 1.63 bits per heavy atom. The van der Waals surface area contributed by atoms with Crippen molar-refractivity contribution in [2.24, 2.45) is 17.8 Å². The van der Waals surface area contributed by atoms with Crippen molar-refractivity contribution < 1.29 is 46.2 Å². The number of amides is 2. The van der Waals surface area contributed by atoms with E-state index in [4.69, 9.17) is 9.84 Å². The third-order valence-electron chi connectivity index (χ3n) is 8.70. The van der Waals surface area contributed by atoms with Crippen molar-refractivity contribution >= 4 is 23.5 Å². The Hall–Kier alpha value is -4.74. The van der Waals surface area contributed by atoms with E-state index in [0.29, 0.717) is 36.1 Å². The minimum atomic E-state index is -4.96. The van der Waals surface area contributed by atoms with Gasteiger partial charge in [0, 0.05) is 23.2 Å². The van der Waals surface area contributed by atoms with E-state index in [1.807, 2.05) is 13.8 Å². The molecule has 12 heteroatoms. The zero-order valence-corrected chi connectivity index (χ0v) is 25.1. The monoisotopic (exact) mass is 642 g/mol. The van der Waals surface area contributed by atoms with Crippen LogP contribution < -0.4 is 15.4 Å². The summed E-state index contributed by atoms with van der Waals surface area (Å²) in [5, 5.41) is 14.6. The number of carboxylic acid groups (broad SMARTS) is 1. The number of aliphatic carboxylic acids is 1. The highest BCUT2D eigenvalue weighted by Gasteiger charge is 2.55. The smallest absolute Gasteiger partial charge is 0.419 e. The Kier molecular flexibility index (Phi) is 8.92. The van der Waals surface area contributed by atoms with E-state index < -0.39 is 53.1 Å². The van der Waals surface area contributed by atoms with Gasteiger partial charge in [-0.25, -0.2) is 8.78 Å². The molecule has 2 aliphatic rings. The van der Waals surface area contributed by atoms with Crippen molar-refractivity contribution in [3.63, 3.8) is 0 Å². The first kappa shape index (κ1) is 32.6. The summed E-state index contributed by atoms with van der Waals surface area (Å²) >= 11 is 0. The van der Waals surface area contributed by atoms with Gasteiger partial charge in [-0.15, -0.1) is 0 Å². The molecule has 7 nitrogen and oxygen atoms in total. The first-order valence-electron chi connectivity index (χ1n) is 14.5. The van der Waals surface area contributed by atoms with Gasteiger partial charge in [-0.2, -0.15) is 13.2 Å². The van der Waals surface area contributed by atoms with Crippen molar-refractivity contribution in [1.82, 2.24) is 5.32 Å². The Labute approximate surface area is 261 Å². The molecule has 2 amide bonds. The number of hydrogen-bond donors (Lipinski definition) is 3. The lowest BCUT2D eigenvalue weighted by atomic mass is 9.83. The van der Waals surface area contributed by atoms with Crippen molar-refractivity contribution in [2.75, 3.05) is 12.4 Å². The lowest BCUT2D eigenvalue weighted by molar-refractivity contribution is -0.140. The van der Waals surface area contributed by atoms with Gasteiger partial charge in [-0.3, -0.25) is 14.4 Å². The van der Waals surface area contributed by atoms with Crippen molar-refractivity contribution in [2.45, 2.75) is 45.3 Å². The fourth-order valence-electron chi connectivity index (χ4n) is 6.88. The van der Waals surface area contributed by atoms with Crippen LogP contribution in [-0.4, -0.2) is 36.0 Å². The van der Waals surface area contributed by atoms with Crippen LogP contribution in [0.3, 0.4) is 0 Å². The van der Waals surface area contributed by atoms with Crippen LogP contribution in [0.4, 0.5) is 27.6 Å². The number of allylic oxidation sites excluding steroid dienone is 1. The minimum absolute atomic E-state index is 0.0390. The molecule has 2 unspecified atom stereocenters. The summed E-state index contributed by atoms with van der Waals surface area (Å²) in [6, 6.07) is 9.82. The quantitative estimate of drug-likeness (QED) is 0.181. The predicted molar refractivity (Wildman–Crippen MR) is 159 cm³/mol. The highest BCUT2D eigenvalue weighted by atomic mass is 19.4. The number of ether oxygens (including phenoxy) is 1. The van der Waals surface area contributed by atoms with Gasteiger partial charge in [0.05, 0.1) is 30.6 Å². The highest BCUT2D eigenvalue weighted by Crippen LogP contribution is 2.54. The molecule has 2 saturated carbocycles. The molecule has 2 aliphatic carbocycles. The number of carboxylic acids is 1. The van der Waals surface area contributed by atoms with Crippen LogP contribution in [0, 0.1) is 29.4 Å².